The van der Waals surface area contributed by atoms with Gasteiger partial charge in [-0.2, -0.15) is 4.98 Å². The van der Waals surface area contributed by atoms with Gasteiger partial charge < -0.3 is 24.8 Å². The van der Waals surface area contributed by atoms with E-state index in [0.717, 1.165) is 44.5 Å². The van der Waals surface area contributed by atoms with E-state index in [9.17, 15) is 5.11 Å². The number of anilines is 3. The summed E-state index contributed by atoms with van der Waals surface area (Å²) in [5.41, 5.74) is 3.50. The van der Waals surface area contributed by atoms with Crippen molar-refractivity contribution in [3.05, 3.63) is 47.9 Å². The number of aromatic nitrogens is 2. The molecule has 0 spiro atoms. The molecule has 2 heterocycles. The number of hydrogen-bond donors (Lipinski definition) is 2. The van der Waals surface area contributed by atoms with Gasteiger partial charge in [-0.25, -0.2) is 4.98 Å². The molecule has 7 nitrogen and oxygen atoms in total. The molecule has 1 saturated heterocycles. The minimum atomic E-state index is 0.171. The van der Waals surface area contributed by atoms with Gasteiger partial charge in [0.2, 0.25) is 11.8 Å². The number of nitrogens with zero attached hydrogens (tertiary/aromatic N) is 3. The summed E-state index contributed by atoms with van der Waals surface area (Å²) in [5, 5.41) is 13.1. The van der Waals surface area contributed by atoms with Crippen LogP contribution in [-0.2, 0) is 4.74 Å². The van der Waals surface area contributed by atoms with Gasteiger partial charge in [0, 0.05) is 48.6 Å². The average molecular weight is 423 g/mol. The Morgan fingerprint density at radius 1 is 1.16 bits per heavy atom. The minimum Gasteiger partial charge on any atom is -0.512 e. The van der Waals surface area contributed by atoms with Gasteiger partial charge in [-0.3, -0.25) is 0 Å². The lowest BCUT2D eigenvalue weighted by atomic mass is 9.59. The van der Waals surface area contributed by atoms with Crippen LogP contribution in [0.15, 0.2) is 47.9 Å². The number of allylic oxidation sites excluding steroid dienone is 2. The van der Waals surface area contributed by atoms with Crippen molar-refractivity contribution in [3.63, 3.8) is 0 Å². The van der Waals surface area contributed by atoms with Crippen LogP contribution in [0.4, 0.5) is 17.3 Å². The van der Waals surface area contributed by atoms with E-state index >= 15 is 0 Å². The number of aliphatic hydroxyl groups excluding tert-OH is 1. The fourth-order valence-electron chi connectivity index (χ4n) is 4.95. The van der Waals surface area contributed by atoms with Crippen LogP contribution in [0, 0.1) is 5.41 Å². The molecule has 3 aliphatic carbocycles. The zero-order chi connectivity index (χ0) is 21.4. The van der Waals surface area contributed by atoms with Gasteiger partial charge in [0.1, 0.15) is 0 Å². The Morgan fingerprint density at radius 3 is 2.58 bits per heavy atom. The maximum absolute atomic E-state index is 9.81. The van der Waals surface area contributed by atoms with Crippen molar-refractivity contribution in [2.75, 3.05) is 29.9 Å². The molecule has 2 N–H and O–H groups in total. The molecule has 2 fully saturated rings. The van der Waals surface area contributed by atoms with Crippen LogP contribution in [-0.4, -0.2) is 47.0 Å². The normalized spacial score (nSPS) is 24.5. The van der Waals surface area contributed by atoms with Gasteiger partial charge in [-0.1, -0.05) is 0 Å². The van der Waals surface area contributed by atoms with Crippen LogP contribution in [0.5, 0.6) is 5.88 Å². The first-order valence-electron chi connectivity index (χ1n) is 11.1. The second-order valence-electron chi connectivity index (χ2n) is 9.25. The highest BCUT2D eigenvalue weighted by Crippen LogP contribution is 2.54. The van der Waals surface area contributed by atoms with E-state index in [-0.39, 0.29) is 17.6 Å². The second-order valence-corrected chi connectivity index (χ2v) is 9.25. The van der Waals surface area contributed by atoms with Crippen molar-refractivity contribution in [1.82, 2.24) is 9.97 Å². The summed E-state index contributed by atoms with van der Waals surface area (Å²) in [6, 6.07) is 10.1. The fraction of sp³-hybridized carbons (Fsp3) is 0.500. The molecule has 4 aliphatic rings. The molecule has 0 amide bonds. The summed E-state index contributed by atoms with van der Waals surface area (Å²) >= 11 is 0. The number of rotatable bonds is 6. The maximum Gasteiger partial charge on any atom is 0.230 e. The Balaban J connectivity index is 1.19. The van der Waals surface area contributed by atoms with Gasteiger partial charge >= 0.3 is 0 Å². The first-order chi connectivity index (χ1) is 15.0. The van der Waals surface area contributed by atoms with Crippen LogP contribution in [0.3, 0.4) is 0 Å². The number of hydrogen-bond acceptors (Lipinski definition) is 7. The number of nitrogens with one attached hydrogen (secondary N) is 1. The summed E-state index contributed by atoms with van der Waals surface area (Å²) in [5.74, 6) is 1.69. The van der Waals surface area contributed by atoms with E-state index in [2.05, 4.69) is 46.2 Å². The third-order valence-corrected chi connectivity index (χ3v) is 6.54. The molecule has 164 valence electrons. The molecule has 1 aromatic carbocycles. The Kier molecular flexibility index (Phi) is 5.22. The highest BCUT2D eigenvalue weighted by atomic mass is 16.5. The Hall–Kier alpha value is -2.80. The van der Waals surface area contributed by atoms with Crippen molar-refractivity contribution in [1.29, 1.82) is 0 Å². The summed E-state index contributed by atoms with van der Waals surface area (Å²) in [6.07, 6.45) is 5.83. The van der Waals surface area contributed by atoms with Crippen LogP contribution in [0.1, 0.15) is 39.5 Å². The molecule has 0 unspecified atom stereocenters. The molecule has 1 aromatic heterocycles. The van der Waals surface area contributed by atoms with E-state index < -0.39 is 0 Å². The lowest BCUT2D eigenvalue weighted by Crippen LogP contribution is -2.45. The van der Waals surface area contributed by atoms with E-state index in [0.29, 0.717) is 24.2 Å². The van der Waals surface area contributed by atoms with Crippen LogP contribution >= 0.6 is 0 Å². The topological polar surface area (TPSA) is 79.7 Å². The van der Waals surface area contributed by atoms with E-state index in [1.807, 2.05) is 12.1 Å². The maximum atomic E-state index is 9.81. The molecular formula is C24H30N4O3. The average Bonchev–Trinajstić information content (AvgIpc) is 2.73. The van der Waals surface area contributed by atoms with E-state index in [1.54, 1.807) is 12.3 Å². The van der Waals surface area contributed by atoms with Gasteiger partial charge in [-0.05, 0) is 62.9 Å². The number of morpholine rings is 1. The molecule has 2 aromatic rings. The first-order valence-corrected chi connectivity index (χ1v) is 11.1. The lowest BCUT2D eigenvalue weighted by Gasteiger charge is -2.47. The number of benzene rings is 1. The molecule has 2 atom stereocenters. The zero-order valence-corrected chi connectivity index (χ0v) is 18.2. The predicted molar refractivity (Wildman–Crippen MR) is 120 cm³/mol. The first kappa shape index (κ1) is 20.1. The summed E-state index contributed by atoms with van der Waals surface area (Å²) in [7, 11) is 0. The SMILES string of the molecule is C[C@@H]1CN(c2ccc(Nc3nccc(OCC45CCC(O)=C(C4)C5)n3)cc2)C[C@H](C)O1. The molecule has 31 heavy (non-hydrogen) atoms. The number of ether oxygens (including phenoxy) is 2. The highest BCUT2D eigenvalue weighted by molar-refractivity contribution is 5.59. The summed E-state index contributed by atoms with van der Waals surface area (Å²) in [4.78, 5) is 11.2. The molecule has 1 aliphatic heterocycles. The summed E-state index contributed by atoms with van der Waals surface area (Å²) in [6.45, 7) is 6.66. The zero-order valence-electron chi connectivity index (χ0n) is 18.2. The number of fused-ring (bicyclic) bond motifs is 2. The Labute approximate surface area is 183 Å². The fourth-order valence-corrected chi connectivity index (χ4v) is 4.95. The van der Waals surface area contributed by atoms with Gasteiger partial charge in [0.25, 0.3) is 0 Å². The highest BCUT2D eigenvalue weighted by Gasteiger charge is 2.46. The van der Waals surface area contributed by atoms with Crippen LogP contribution in [0.2, 0.25) is 0 Å². The minimum absolute atomic E-state index is 0.171. The predicted octanol–water partition coefficient (Wildman–Crippen LogP) is 4.60. The Morgan fingerprint density at radius 2 is 1.90 bits per heavy atom. The smallest absolute Gasteiger partial charge is 0.230 e. The van der Waals surface area contributed by atoms with Crippen molar-refractivity contribution in [2.24, 2.45) is 5.41 Å². The monoisotopic (exact) mass is 422 g/mol. The van der Waals surface area contributed by atoms with Gasteiger partial charge in [0.05, 0.1) is 24.6 Å². The molecule has 0 radical (unpaired) electrons. The molecular weight excluding hydrogens is 392 g/mol. The Bertz CT molecular complexity index is 957. The second kappa shape index (κ2) is 8.04. The quantitative estimate of drug-likeness (QED) is 0.704. The molecule has 1 saturated carbocycles. The van der Waals surface area contributed by atoms with Crippen molar-refractivity contribution < 1.29 is 14.6 Å². The largest absolute Gasteiger partial charge is 0.512 e. The van der Waals surface area contributed by atoms with Gasteiger partial charge in [0.15, 0.2) is 0 Å². The van der Waals surface area contributed by atoms with Crippen molar-refractivity contribution >= 4 is 17.3 Å². The van der Waals surface area contributed by atoms with Crippen LogP contribution in [0.25, 0.3) is 0 Å². The van der Waals surface area contributed by atoms with Crippen LogP contribution < -0.4 is 15.0 Å². The van der Waals surface area contributed by atoms with Crippen molar-refractivity contribution in [2.45, 2.75) is 51.7 Å². The molecule has 7 heteroatoms. The van der Waals surface area contributed by atoms with Gasteiger partial charge in [-0.15, -0.1) is 0 Å². The van der Waals surface area contributed by atoms with E-state index in [4.69, 9.17) is 9.47 Å². The third-order valence-electron chi connectivity index (χ3n) is 6.54. The van der Waals surface area contributed by atoms with E-state index in [1.165, 1.54) is 11.3 Å². The standard InChI is InChI=1S/C24H30N4O3/c1-16-13-28(14-17(2)31-16)20-5-3-19(4-6-20)26-23-25-10-8-22(27-23)30-15-24-9-7-21(29)18(11-24)12-24/h3-6,8,10,16-17,29H,7,9,11-15H2,1-2H3,(H,25,26,27)/t16-,17+. The van der Waals surface area contributed by atoms with Crippen molar-refractivity contribution in [3.8, 4) is 5.88 Å². The lowest BCUT2D eigenvalue weighted by molar-refractivity contribution is -0.00521. The number of aliphatic hydroxyl groups is 1. The molecule has 2 bridgehead atoms. The molecule has 6 rings (SSSR count). The third kappa shape index (κ3) is 4.32. The summed E-state index contributed by atoms with van der Waals surface area (Å²) < 4.78 is 11.8.